The van der Waals surface area contributed by atoms with Gasteiger partial charge in [-0.05, 0) is 43.0 Å². The Balaban J connectivity index is 2.17. The number of benzene rings is 2. The van der Waals surface area contributed by atoms with E-state index in [0.717, 1.165) is 5.56 Å². The first kappa shape index (κ1) is 19.0. The number of hydrogen-bond donors (Lipinski definition) is 2. The summed E-state index contributed by atoms with van der Waals surface area (Å²) in [6, 6.07) is 6.56. The van der Waals surface area contributed by atoms with E-state index in [4.69, 9.17) is 14.2 Å². The lowest BCUT2D eigenvalue weighted by Crippen LogP contribution is -2.14. The highest BCUT2D eigenvalue weighted by molar-refractivity contribution is 5.94. The molecule has 0 radical (unpaired) electrons. The van der Waals surface area contributed by atoms with Gasteiger partial charge in [-0.25, -0.2) is 4.79 Å². The molecule has 144 valence electrons. The normalized spacial score (nSPS) is 14.4. The Kier molecular flexibility index (Phi) is 5.28. The molecule has 1 heterocycles. The number of aliphatic hydroxyl groups is 1. The minimum Gasteiger partial charge on any atom is -0.504 e. The summed E-state index contributed by atoms with van der Waals surface area (Å²) in [6.07, 6.45) is -0.248. The summed E-state index contributed by atoms with van der Waals surface area (Å²) in [5, 5.41) is 20.9. The molecule has 0 fully saturated rings. The lowest BCUT2D eigenvalue weighted by atomic mass is 9.97. The second-order valence-corrected chi connectivity index (χ2v) is 7.16. The quantitative estimate of drug-likeness (QED) is 0.781. The fourth-order valence-electron chi connectivity index (χ4n) is 3.26. The van der Waals surface area contributed by atoms with Crippen LogP contribution in [-0.2, 0) is 11.3 Å². The summed E-state index contributed by atoms with van der Waals surface area (Å²) in [6.45, 7) is 5.83. The number of hydrogen-bond acceptors (Lipinski definition) is 6. The number of carbonyl (C=O) groups excluding carboxylic acids is 1. The molecule has 6 heteroatoms. The molecular weight excluding hydrogens is 348 g/mol. The van der Waals surface area contributed by atoms with Crippen molar-refractivity contribution in [3.63, 3.8) is 0 Å². The van der Waals surface area contributed by atoms with Crippen molar-refractivity contribution < 1.29 is 29.2 Å². The number of aryl methyl sites for hydroxylation is 1. The highest BCUT2D eigenvalue weighted by Crippen LogP contribution is 2.46. The zero-order valence-electron chi connectivity index (χ0n) is 15.9. The van der Waals surface area contributed by atoms with Gasteiger partial charge >= 0.3 is 5.97 Å². The molecule has 3 rings (SSSR count). The third-order valence-corrected chi connectivity index (χ3v) is 4.47. The van der Waals surface area contributed by atoms with Crippen LogP contribution in [0.15, 0.2) is 24.3 Å². The van der Waals surface area contributed by atoms with E-state index in [0.29, 0.717) is 17.5 Å². The van der Waals surface area contributed by atoms with Crippen molar-refractivity contribution in [2.24, 2.45) is 5.92 Å². The fourth-order valence-corrected chi connectivity index (χ4v) is 3.26. The van der Waals surface area contributed by atoms with Gasteiger partial charge in [0.05, 0.1) is 13.2 Å². The number of aliphatic hydroxyl groups excluding tert-OH is 1. The molecular formula is C21H24O6. The molecule has 0 bridgehead atoms. The van der Waals surface area contributed by atoms with Crippen molar-refractivity contribution in [1.29, 1.82) is 0 Å². The van der Waals surface area contributed by atoms with Gasteiger partial charge in [0.15, 0.2) is 23.0 Å². The Morgan fingerprint density at radius 3 is 2.63 bits per heavy atom. The number of ether oxygens (including phenoxy) is 3. The van der Waals surface area contributed by atoms with Crippen molar-refractivity contribution in [3.05, 3.63) is 46.5 Å². The molecule has 0 aliphatic carbocycles. The fraction of sp³-hybridized carbons (Fsp3) is 0.381. The van der Waals surface area contributed by atoms with Crippen LogP contribution < -0.4 is 9.47 Å². The van der Waals surface area contributed by atoms with E-state index in [1.807, 2.05) is 20.8 Å². The Labute approximate surface area is 158 Å². The molecule has 0 aromatic heterocycles. The van der Waals surface area contributed by atoms with Gasteiger partial charge in [-0.15, -0.1) is 0 Å². The van der Waals surface area contributed by atoms with Crippen molar-refractivity contribution in [2.75, 3.05) is 7.11 Å². The maximum Gasteiger partial charge on any atom is 0.342 e. The Hall–Kier alpha value is -2.73. The highest BCUT2D eigenvalue weighted by Gasteiger charge is 2.29. The van der Waals surface area contributed by atoms with Crippen molar-refractivity contribution in [2.45, 2.75) is 39.9 Å². The van der Waals surface area contributed by atoms with Gasteiger partial charge in [0.2, 0.25) is 0 Å². The zero-order chi connectivity index (χ0) is 19.7. The van der Waals surface area contributed by atoms with E-state index in [1.54, 1.807) is 24.3 Å². The minimum atomic E-state index is -0.776. The SMILES string of the molecule is COc1c(C(O)CC(C)C)ccc2c1Oc1c(O)cc(C)cc1COC2=O. The lowest BCUT2D eigenvalue weighted by Gasteiger charge is -2.24. The van der Waals surface area contributed by atoms with Crippen LogP contribution in [0.5, 0.6) is 23.0 Å². The van der Waals surface area contributed by atoms with Gasteiger partial charge in [0, 0.05) is 11.1 Å². The van der Waals surface area contributed by atoms with Crippen LogP contribution in [0.1, 0.15) is 53.4 Å². The van der Waals surface area contributed by atoms with Crippen molar-refractivity contribution in [1.82, 2.24) is 0 Å². The van der Waals surface area contributed by atoms with Crippen LogP contribution in [0.25, 0.3) is 0 Å². The van der Waals surface area contributed by atoms with Gasteiger partial charge in [-0.2, -0.15) is 0 Å². The van der Waals surface area contributed by atoms with Crippen LogP contribution in [0.3, 0.4) is 0 Å². The number of rotatable bonds is 4. The molecule has 1 aliphatic rings. The third-order valence-electron chi connectivity index (χ3n) is 4.47. The van der Waals surface area contributed by atoms with Gasteiger partial charge < -0.3 is 24.4 Å². The maximum atomic E-state index is 12.5. The third kappa shape index (κ3) is 3.71. The lowest BCUT2D eigenvalue weighted by molar-refractivity contribution is 0.0457. The number of carbonyl (C=O) groups is 1. The topological polar surface area (TPSA) is 85.2 Å². The average Bonchev–Trinajstić information content (AvgIpc) is 2.59. The molecule has 0 saturated heterocycles. The Morgan fingerprint density at radius 2 is 1.96 bits per heavy atom. The van der Waals surface area contributed by atoms with E-state index in [-0.39, 0.29) is 41.1 Å². The van der Waals surface area contributed by atoms with Gasteiger partial charge in [0.1, 0.15) is 12.2 Å². The first-order valence-electron chi connectivity index (χ1n) is 8.88. The summed E-state index contributed by atoms with van der Waals surface area (Å²) in [4.78, 5) is 12.5. The molecule has 1 unspecified atom stereocenters. The molecule has 2 N–H and O–H groups in total. The standard InChI is InChI=1S/C21H24O6/c1-11(2)7-16(22)14-5-6-15-20(19(14)25-4)27-18-13(10-26-21(15)24)8-12(3)9-17(18)23/h5-6,8-9,11,16,22-23H,7,10H2,1-4H3. The summed E-state index contributed by atoms with van der Waals surface area (Å²) in [5.41, 5.74) is 2.07. The number of methoxy groups -OCH3 is 1. The minimum absolute atomic E-state index is 0.0110. The molecule has 1 aliphatic heterocycles. The molecule has 0 saturated carbocycles. The monoisotopic (exact) mass is 372 g/mol. The number of phenols is 1. The largest absolute Gasteiger partial charge is 0.504 e. The van der Waals surface area contributed by atoms with Crippen LogP contribution in [-0.4, -0.2) is 23.3 Å². The molecule has 0 amide bonds. The van der Waals surface area contributed by atoms with Crippen molar-refractivity contribution >= 4 is 5.97 Å². The van der Waals surface area contributed by atoms with Crippen molar-refractivity contribution in [3.8, 4) is 23.0 Å². The maximum absolute atomic E-state index is 12.5. The number of fused-ring (bicyclic) bond motifs is 2. The number of esters is 1. The molecule has 0 spiro atoms. The first-order valence-corrected chi connectivity index (χ1v) is 8.88. The molecule has 1 atom stereocenters. The molecule has 2 aromatic rings. The van der Waals surface area contributed by atoms with E-state index >= 15 is 0 Å². The van der Waals surface area contributed by atoms with E-state index < -0.39 is 12.1 Å². The second-order valence-electron chi connectivity index (χ2n) is 7.16. The van der Waals surface area contributed by atoms with Crippen LogP contribution in [0.2, 0.25) is 0 Å². The zero-order valence-corrected chi connectivity index (χ0v) is 15.9. The first-order chi connectivity index (χ1) is 12.8. The predicted octanol–water partition coefficient (Wildman–Crippen LogP) is 4.25. The summed E-state index contributed by atoms with van der Waals surface area (Å²) >= 11 is 0. The van der Waals surface area contributed by atoms with Gasteiger partial charge in [-0.3, -0.25) is 0 Å². The van der Waals surface area contributed by atoms with Gasteiger partial charge in [0.25, 0.3) is 0 Å². The molecule has 6 nitrogen and oxygen atoms in total. The van der Waals surface area contributed by atoms with Crippen LogP contribution in [0, 0.1) is 12.8 Å². The summed E-state index contributed by atoms with van der Waals surface area (Å²) in [7, 11) is 1.45. The summed E-state index contributed by atoms with van der Waals surface area (Å²) in [5.74, 6) is 0.255. The number of aromatic hydroxyl groups is 1. The highest BCUT2D eigenvalue weighted by atomic mass is 16.5. The molecule has 2 aromatic carbocycles. The Morgan fingerprint density at radius 1 is 1.22 bits per heavy atom. The van der Waals surface area contributed by atoms with E-state index in [1.165, 1.54) is 7.11 Å². The van der Waals surface area contributed by atoms with E-state index in [9.17, 15) is 15.0 Å². The Bertz CT molecular complexity index is 871. The summed E-state index contributed by atoms with van der Waals surface area (Å²) < 4.78 is 16.8. The van der Waals surface area contributed by atoms with Crippen LogP contribution >= 0.6 is 0 Å². The smallest absolute Gasteiger partial charge is 0.342 e. The second kappa shape index (κ2) is 7.48. The van der Waals surface area contributed by atoms with E-state index in [2.05, 4.69) is 0 Å². The predicted molar refractivity (Wildman–Crippen MR) is 99.4 cm³/mol. The average molecular weight is 372 g/mol. The number of phenolic OH excluding ortho intramolecular Hbond substituents is 1. The van der Waals surface area contributed by atoms with Gasteiger partial charge in [-0.1, -0.05) is 19.9 Å². The number of cyclic esters (lactones) is 1. The molecule has 27 heavy (non-hydrogen) atoms. The van der Waals surface area contributed by atoms with Crippen LogP contribution in [0.4, 0.5) is 0 Å².